The number of phenols is 1. The van der Waals surface area contributed by atoms with Crippen molar-refractivity contribution in [3.05, 3.63) is 35.2 Å². The van der Waals surface area contributed by atoms with E-state index in [1.165, 1.54) is 6.42 Å². The van der Waals surface area contributed by atoms with Crippen molar-refractivity contribution >= 4 is 27.2 Å². The maximum atomic E-state index is 10.6. The number of thiophene rings is 1. The first-order chi connectivity index (χ1) is 12.1. The van der Waals surface area contributed by atoms with Gasteiger partial charge in [-0.2, -0.15) is 0 Å². The summed E-state index contributed by atoms with van der Waals surface area (Å²) >= 11 is 1.62. The zero-order valence-corrected chi connectivity index (χ0v) is 15.3. The molecule has 3 aromatic rings. The Morgan fingerprint density at radius 1 is 1.28 bits per heavy atom. The quantitative estimate of drug-likeness (QED) is 0.747. The predicted octanol–water partition coefficient (Wildman–Crippen LogP) is 3.88. The van der Waals surface area contributed by atoms with E-state index in [-0.39, 0.29) is 5.75 Å². The van der Waals surface area contributed by atoms with Crippen molar-refractivity contribution in [3.63, 3.8) is 0 Å². The number of rotatable bonds is 3. The molecule has 3 heterocycles. The normalized spacial score (nSPS) is 18.6. The molecule has 0 saturated carbocycles. The van der Waals surface area contributed by atoms with Crippen molar-refractivity contribution in [2.24, 2.45) is 0 Å². The number of likely N-dealkylation sites (N-methyl/N-ethyl adjacent to an activating group) is 1. The van der Waals surface area contributed by atoms with Crippen LogP contribution < -0.4 is 5.32 Å². The van der Waals surface area contributed by atoms with Crippen LogP contribution in [0.25, 0.3) is 21.3 Å². The van der Waals surface area contributed by atoms with Gasteiger partial charge in [0.1, 0.15) is 5.75 Å². The molecule has 2 N–H and O–H groups in total. The number of nitrogens with one attached hydrogen (secondary N) is 1. The summed E-state index contributed by atoms with van der Waals surface area (Å²) in [6.45, 7) is 4.22. The van der Waals surface area contributed by atoms with Crippen molar-refractivity contribution in [1.82, 2.24) is 15.1 Å². The lowest BCUT2D eigenvalue weighted by Crippen LogP contribution is -2.40. The molecule has 1 aliphatic heterocycles. The van der Waals surface area contributed by atoms with E-state index in [0.717, 1.165) is 46.5 Å². The number of aromatic nitrogens is 2. The molecule has 1 fully saturated rings. The number of nitrogens with zero attached hydrogens (tertiary/aromatic N) is 3. The van der Waals surface area contributed by atoms with Gasteiger partial charge in [0.05, 0.1) is 5.69 Å². The Bertz CT molecular complexity index is 908. The SMILES string of the molecule is Cc1cc(-c2ccc3sccc3c2O)nnc1NC1CCCN(C)C1. The zero-order chi connectivity index (χ0) is 17.4. The highest BCUT2D eigenvalue weighted by Gasteiger charge is 2.19. The van der Waals surface area contributed by atoms with E-state index in [4.69, 9.17) is 0 Å². The second-order valence-corrected chi connectivity index (χ2v) is 7.75. The van der Waals surface area contributed by atoms with E-state index >= 15 is 0 Å². The summed E-state index contributed by atoms with van der Waals surface area (Å²) in [5, 5.41) is 25.7. The predicted molar refractivity (Wildman–Crippen MR) is 103 cm³/mol. The maximum Gasteiger partial charge on any atom is 0.151 e. The Hall–Kier alpha value is -2.18. The molecule has 1 saturated heterocycles. The van der Waals surface area contributed by atoms with Crippen LogP contribution in [-0.4, -0.2) is 46.4 Å². The average molecular weight is 354 g/mol. The molecule has 0 amide bonds. The van der Waals surface area contributed by atoms with Crippen LogP contribution in [0.15, 0.2) is 29.6 Å². The van der Waals surface area contributed by atoms with Gasteiger partial charge in [0, 0.05) is 28.2 Å². The summed E-state index contributed by atoms with van der Waals surface area (Å²) in [5.74, 6) is 1.11. The van der Waals surface area contributed by atoms with E-state index in [9.17, 15) is 5.11 Å². The van der Waals surface area contributed by atoms with Gasteiger partial charge in [0.15, 0.2) is 5.82 Å². The largest absolute Gasteiger partial charge is 0.507 e. The van der Waals surface area contributed by atoms with Crippen LogP contribution in [0.3, 0.4) is 0 Å². The molecule has 1 aliphatic rings. The third kappa shape index (κ3) is 3.19. The standard InChI is InChI=1S/C19H22N4OS/c1-12-10-16(14-5-6-17-15(18(14)24)7-9-25-17)21-22-19(12)20-13-4-3-8-23(2)11-13/h5-7,9-10,13,24H,3-4,8,11H2,1-2H3,(H,20,22). The molecular weight excluding hydrogens is 332 g/mol. The van der Waals surface area contributed by atoms with Crippen LogP contribution in [-0.2, 0) is 0 Å². The molecule has 1 unspecified atom stereocenters. The first kappa shape index (κ1) is 16.3. The molecule has 4 rings (SSSR count). The van der Waals surface area contributed by atoms with Gasteiger partial charge in [-0.05, 0) is 68.6 Å². The third-order valence-electron chi connectivity index (χ3n) is 4.83. The maximum absolute atomic E-state index is 10.6. The summed E-state index contributed by atoms with van der Waals surface area (Å²) in [6, 6.07) is 8.29. The molecule has 0 bridgehead atoms. The minimum absolute atomic E-state index is 0.280. The second-order valence-electron chi connectivity index (χ2n) is 6.80. The lowest BCUT2D eigenvalue weighted by atomic mass is 10.1. The Balaban J connectivity index is 1.61. The van der Waals surface area contributed by atoms with Crippen LogP contribution >= 0.6 is 11.3 Å². The van der Waals surface area contributed by atoms with Crippen molar-refractivity contribution < 1.29 is 5.11 Å². The van der Waals surface area contributed by atoms with E-state index in [0.29, 0.717) is 11.7 Å². The highest BCUT2D eigenvalue weighted by Crippen LogP contribution is 2.37. The van der Waals surface area contributed by atoms with Crippen molar-refractivity contribution in [3.8, 4) is 17.0 Å². The molecule has 1 aromatic carbocycles. The van der Waals surface area contributed by atoms with Crippen LogP contribution in [0.2, 0.25) is 0 Å². The number of phenolic OH excluding ortho intramolecular Hbond substituents is 1. The van der Waals surface area contributed by atoms with Gasteiger partial charge >= 0.3 is 0 Å². The van der Waals surface area contributed by atoms with E-state index < -0.39 is 0 Å². The van der Waals surface area contributed by atoms with E-state index in [2.05, 4.69) is 27.5 Å². The van der Waals surface area contributed by atoms with Crippen molar-refractivity contribution in [2.45, 2.75) is 25.8 Å². The van der Waals surface area contributed by atoms with Crippen molar-refractivity contribution in [2.75, 3.05) is 25.5 Å². The summed E-state index contributed by atoms with van der Waals surface area (Å²) in [6.07, 6.45) is 2.36. The molecule has 25 heavy (non-hydrogen) atoms. The summed E-state index contributed by atoms with van der Waals surface area (Å²) < 4.78 is 1.07. The smallest absolute Gasteiger partial charge is 0.151 e. The van der Waals surface area contributed by atoms with Gasteiger partial charge in [-0.15, -0.1) is 21.5 Å². The van der Waals surface area contributed by atoms with Gasteiger partial charge in [0.2, 0.25) is 0 Å². The number of piperidine rings is 1. The monoisotopic (exact) mass is 354 g/mol. The number of hydrogen-bond donors (Lipinski definition) is 2. The number of aryl methyl sites for hydroxylation is 1. The van der Waals surface area contributed by atoms with Crippen LogP contribution in [0.5, 0.6) is 5.75 Å². The third-order valence-corrected chi connectivity index (χ3v) is 5.71. The first-order valence-electron chi connectivity index (χ1n) is 8.61. The molecule has 0 aliphatic carbocycles. The second kappa shape index (κ2) is 6.61. The van der Waals surface area contributed by atoms with E-state index in [1.807, 2.05) is 36.6 Å². The molecule has 2 aromatic heterocycles. The van der Waals surface area contributed by atoms with Gasteiger partial charge in [-0.25, -0.2) is 0 Å². The molecule has 0 spiro atoms. The minimum atomic E-state index is 0.280. The Morgan fingerprint density at radius 3 is 2.96 bits per heavy atom. The number of benzene rings is 1. The van der Waals surface area contributed by atoms with Crippen molar-refractivity contribution in [1.29, 1.82) is 0 Å². The van der Waals surface area contributed by atoms with Gasteiger partial charge in [-0.1, -0.05) is 0 Å². The highest BCUT2D eigenvalue weighted by atomic mass is 32.1. The van der Waals surface area contributed by atoms with Gasteiger partial charge < -0.3 is 15.3 Å². The molecule has 6 heteroatoms. The molecular formula is C19H22N4OS. The summed E-state index contributed by atoms with van der Waals surface area (Å²) in [4.78, 5) is 2.34. The summed E-state index contributed by atoms with van der Waals surface area (Å²) in [5.41, 5.74) is 2.47. The number of anilines is 1. The molecule has 5 nitrogen and oxygen atoms in total. The van der Waals surface area contributed by atoms with Gasteiger partial charge in [0.25, 0.3) is 0 Å². The number of fused-ring (bicyclic) bond motifs is 1. The minimum Gasteiger partial charge on any atom is -0.507 e. The Kier molecular flexibility index (Phi) is 4.31. The fourth-order valence-corrected chi connectivity index (χ4v) is 4.26. The Morgan fingerprint density at radius 2 is 2.16 bits per heavy atom. The van der Waals surface area contributed by atoms with Crippen LogP contribution in [0.4, 0.5) is 5.82 Å². The average Bonchev–Trinajstić information content (AvgIpc) is 3.07. The zero-order valence-electron chi connectivity index (χ0n) is 14.5. The lowest BCUT2D eigenvalue weighted by Gasteiger charge is -2.30. The topological polar surface area (TPSA) is 61.3 Å². The highest BCUT2D eigenvalue weighted by molar-refractivity contribution is 7.17. The van der Waals surface area contributed by atoms with E-state index in [1.54, 1.807) is 11.3 Å². The lowest BCUT2D eigenvalue weighted by molar-refractivity contribution is 0.260. The number of aromatic hydroxyl groups is 1. The fraction of sp³-hybridized carbons (Fsp3) is 0.368. The van der Waals surface area contributed by atoms with Crippen LogP contribution in [0.1, 0.15) is 18.4 Å². The Labute approximate surface area is 151 Å². The fourth-order valence-electron chi connectivity index (χ4n) is 3.47. The molecule has 130 valence electrons. The summed E-state index contributed by atoms with van der Waals surface area (Å²) in [7, 11) is 2.15. The van der Waals surface area contributed by atoms with Gasteiger partial charge in [-0.3, -0.25) is 0 Å². The van der Waals surface area contributed by atoms with Crippen LogP contribution in [0, 0.1) is 6.92 Å². The molecule has 0 radical (unpaired) electrons. The number of hydrogen-bond acceptors (Lipinski definition) is 6. The number of likely N-dealkylation sites (tertiary alicyclic amines) is 1. The first-order valence-corrected chi connectivity index (χ1v) is 9.49. The molecule has 1 atom stereocenters.